The number of rotatable bonds is 10. The molecule has 6 heteroatoms. The van der Waals surface area contributed by atoms with E-state index in [0.29, 0.717) is 49.8 Å². The average molecular weight is 477 g/mol. The van der Waals surface area contributed by atoms with Gasteiger partial charge in [-0.25, -0.2) is 0 Å². The first kappa shape index (κ1) is 24.2. The number of fused-ring (bicyclic) bond motifs is 3. The smallest absolute Gasteiger partial charge is 0.254 e. The van der Waals surface area contributed by atoms with E-state index in [1.54, 1.807) is 24.3 Å². The number of benzene rings is 2. The zero-order valence-corrected chi connectivity index (χ0v) is 20.3. The van der Waals surface area contributed by atoms with E-state index in [0.717, 1.165) is 38.5 Å². The number of nitrogens with zero attached hydrogens (tertiary/aromatic N) is 1. The number of nitrogens with one attached hydrogen (secondary N) is 1. The normalized spacial score (nSPS) is 22.3. The second-order valence-electron chi connectivity index (χ2n) is 10.3. The molecule has 3 unspecified atom stereocenters. The lowest BCUT2D eigenvalue weighted by Crippen LogP contribution is -2.49. The number of hydrogen-bond donors (Lipinski definition) is 2. The van der Waals surface area contributed by atoms with Crippen LogP contribution >= 0.6 is 0 Å². The molecule has 6 nitrogen and oxygen atoms in total. The van der Waals surface area contributed by atoms with Crippen LogP contribution in [0.3, 0.4) is 0 Å². The first-order valence-electron chi connectivity index (χ1n) is 13.1. The number of ketones is 1. The van der Waals surface area contributed by atoms with Gasteiger partial charge < -0.3 is 20.1 Å². The van der Waals surface area contributed by atoms with E-state index < -0.39 is 6.10 Å². The highest BCUT2D eigenvalue weighted by Gasteiger charge is 2.40. The molecule has 2 aromatic carbocycles. The van der Waals surface area contributed by atoms with Crippen molar-refractivity contribution in [3.8, 4) is 0 Å². The molecule has 2 bridgehead atoms. The molecular weight excluding hydrogens is 440 g/mol. The zero-order valence-electron chi connectivity index (χ0n) is 20.3. The van der Waals surface area contributed by atoms with Crippen molar-refractivity contribution in [3.05, 3.63) is 70.8 Å². The Bertz CT molecular complexity index is 996. The fourth-order valence-electron chi connectivity index (χ4n) is 5.83. The van der Waals surface area contributed by atoms with Crippen molar-refractivity contribution in [2.75, 3.05) is 19.8 Å². The highest BCUT2D eigenvalue weighted by molar-refractivity contribution is 5.99. The summed E-state index contributed by atoms with van der Waals surface area (Å²) in [5, 5.41) is 13.8. The van der Waals surface area contributed by atoms with Crippen molar-refractivity contribution in [1.82, 2.24) is 10.2 Å². The van der Waals surface area contributed by atoms with Crippen LogP contribution in [-0.4, -0.2) is 65.7 Å². The van der Waals surface area contributed by atoms with Gasteiger partial charge in [0.1, 0.15) is 0 Å². The van der Waals surface area contributed by atoms with E-state index in [4.69, 9.17) is 4.74 Å². The third kappa shape index (κ3) is 5.66. The van der Waals surface area contributed by atoms with Crippen molar-refractivity contribution in [1.29, 1.82) is 0 Å². The van der Waals surface area contributed by atoms with Crippen molar-refractivity contribution in [2.24, 2.45) is 0 Å². The Morgan fingerprint density at radius 2 is 1.57 bits per heavy atom. The number of hydrogen-bond acceptors (Lipinski definition) is 5. The maximum absolute atomic E-state index is 13.0. The molecule has 35 heavy (non-hydrogen) atoms. The molecule has 2 fully saturated rings. The molecule has 2 heterocycles. The van der Waals surface area contributed by atoms with Gasteiger partial charge >= 0.3 is 0 Å². The van der Waals surface area contributed by atoms with Crippen LogP contribution in [0, 0.1) is 0 Å². The molecule has 186 valence electrons. The molecule has 5 rings (SSSR count). The maximum Gasteiger partial charge on any atom is 0.254 e. The first-order chi connectivity index (χ1) is 17.1. The zero-order chi connectivity index (χ0) is 24.2. The monoisotopic (exact) mass is 476 g/mol. The number of carbonyl (C=O) groups is 2. The van der Waals surface area contributed by atoms with Gasteiger partial charge in [0.05, 0.1) is 31.4 Å². The summed E-state index contributed by atoms with van der Waals surface area (Å²) in [5.74, 6) is 0.135. The maximum atomic E-state index is 13.0. The molecule has 3 aliphatic rings. The van der Waals surface area contributed by atoms with Gasteiger partial charge in [-0.05, 0) is 61.8 Å². The summed E-state index contributed by atoms with van der Waals surface area (Å²) >= 11 is 0. The second kappa shape index (κ2) is 11.0. The van der Waals surface area contributed by atoms with E-state index >= 15 is 0 Å². The molecular formula is C29H36N2O4. The van der Waals surface area contributed by atoms with Crippen LogP contribution in [0.25, 0.3) is 0 Å². The Morgan fingerprint density at radius 3 is 2.23 bits per heavy atom. The molecule has 0 spiro atoms. The molecule has 0 saturated carbocycles. The lowest BCUT2D eigenvalue weighted by atomic mass is 10.0. The van der Waals surface area contributed by atoms with Gasteiger partial charge in [0.15, 0.2) is 5.78 Å². The number of carbonyl (C=O) groups excluding carboxylic acids is 2. The Balaban J connectivity index is 1.00. The molecule has 0 radical (unpaired) electrons. The lowest BCUT2D eigenvalue weighted by molar-refractivity contribution is -0.00716. The van der Waals surface area contributed by atoms with Crippen molar-refractivity contribution < 1.29 is 19.4 Å². The minimum atomic E-state index is -0.394. The molecule has 0 aromatic heterocycles. The number of aliphatic hydroxyl groups excluding tert-OH is 1. The fraction of sp³-hybridized carbons (Fsp3) is 0.517. The first-order valence-corrected chi connectivity index (χ1v) is 13.1. The summed E-state index contributed by atoms with van der Waals surface area (Å²) in [6.07, 6.45) is 6.38. The highest BCUT2D eigenvalue weighted by atomic mass is 16.5. The average Bonchev–Trinajstić information content (AvgIpc) is 3.41. The summed E-state index contributed by atoms with van der Waals surface area (Å²) in [6.45, 7) is 1.84. The molecule has 2 saturated heterocycles. The largest absolute Gasteiger partial charge is 0.392 e. The predicted molar refractivity (Wildman–Crippen MR) is 135 cm³/mol. The van der Waals surface area contributed by atoms with Crippen LogP contribution in [0.5, 0.6) is 0 Å². The highest BCUT2D eigenvalue weighted by Crippen LogP contribution is 2.30. The van der Waals surface area contributed by atoms with Gasteiger partial charge in [-0.1, -0.05) is 42.8 Å². The van der Waals surface area contributed by atoms with Crippen LogP contribution in [0.4, 0.5) is 0 Å². The van der Waals surface area contributed by atoms with Crippen LogP contribution in [0.15, 0.2) is 48.5 Å². The summed E-state index contributed by atoms with van der Waals surface area (Å²) in [5.41, 5.74) is 4.10. The number of ether oxygens (including phenoxy) is 1. The summed E-state index contributed by atoms with van der Waals surface area (Å²) < 4.78 is 5.58. The standard InChI is InChI=1S/C29H36N2O4/c32-27(17-30-24-15-22-5-1-2-6-23(22)16-24)7-3-4-8-28(33)20-9-11-21(12-10-20)29(34)31-25-13-14-26(31)19-35-18-25/h1-2,5-6,9-12,24-27,30,32H,3-4,7-8,13-19H2. The molecule has 3 atom stereocenters. The Hall–Kier alpha value is -2.54. The SMILES string of the molecule is O=C(CCCCC(O)CNC1Cc2ccccc2C1)c1ccc(C(=O)N2C3CCC2COC3)cc1. The van der Waals surface area contributed by atoms with Crippen molar-refractivity contribution >= 4 is 11.7 Å². The fourth-order valence-corrected chi connectivity index (χ4v) is 5.83. The van der Waals surface area contributed by atoms with Crippen LogP contribution < -0.4 is 5.32 Å². The van der Waals surface area contributed by atoms with Gasteiger partial charge in [-0.3, -0.25) is 9.59 Å². The second-order valence-corrected chi connectivity index (χ2v) is 10.3. The van der Waals surface area contributed by atoms with Gasteiger partial charge in [0.25, 0.3) is 5.91 Å². The van der Waals surface area contributed by atoms with E-state index in [-0.39, 0.29) is 23.8 Å². The minimum Gasteiger partial charge on any atom is -0.392 e. The van der Waals surface area contributed by atoms with Crippen LogP contribution in [-0.2, 0) is 17.6 Å². The third-order valence-electron chi connectivity index (χ3n) is 7.81. The predicted octanol–water partition coefficient (Wildman–Crippen LogP) is 3.55. The Kier molecular flexibility index (Phi) is 7.61. The van der Waals surface area contributed by atoms with Crippen LogP contribution in [0.2, 0.25) is 0 Å². The molecule has 2 N–H and O–H groups in total. The number of unbranched alkanes of at least 4 members (excludes halogenated alkanes) is 1. The molecule has 2 aliphatic heterocycles. The van der Waals surface area contributed by atoms with Crippen molar-refractivity contribution in [2.45, 2.75) is 75.6 Å². The Labute approximate surface area is 207 Å². The number of Topliss-reactive ketones (excluding diaryl/α,β-unsaturated/α-hetero) is 1. The van der Waals surface area contributed by atoms with E-state index in [9.17, 15) is 14.7 Å². The molecule has 1 aliphatic carbocycles. The Morgan fingerprint density at radius 1 is 0.943 bits per heavy atom. The quantitative estimate of drug-likeness (QED) is 0.405. The minimum absolute atomic E-state index is 0.0453. The summed E-state index contributed by atoms with van der Waals surface area (Å²) in [6, 6.07) is 16.4. The summed E-state index contributed by atoms with van der Waals surface area (Å²) in [7, 11) is 0. The van der Waals surface area contributed by atoms with Crippen molar-refractivity contribution in [3.63, 3.8) is 0 Å². The van der Waals surface area contributed by atoms with E-state index in [1.165, 1.54) is 11.1 Å². The van der Waals surface area contributed by atoms with E-state index in [1.807, 2.05) is 4.90 Å². The van der Waals surface area contributed by atoms with Gasteiger partial charge in [0, 0.05) is 30.1 Å². The third-order valence-corrected chi connectivity index (χ3v) is 7.81. The molecule has 1 amide bonds. The van der Waals surface area contributed by atoms with Gasteiger partial charge in [-0.15, -0.1) is 0 Å². The lowest BCUT2D eigenvalue weighted by Gasteiger charge is -2.34. The number of morpholine rings is 1. The summed E-state index contributed by atoms with van der Waals surface area (Å²) in [4.78, 5) is 27.6. The van der Waals surface area contributed by atoms with Gasteiger partial charge in [0.2, 0.25) is 0 Å². The van der Waals surface area contributed by atoms with E-state index in [2.05, 4.69) is 29.6 Å². The topological polar surface area (TPSA) is 78.9 Å². The number of amides is 1. The molecule has 2 aromatic rings. The number of aliphatic hydroxyl groups is 1. The van der Waals surface area contributed by atoms with Gasteiger partial charge in [-0.2, -0.15) is 0 Å². The van der Waals surface area contributed by atoms with Crippen LogP contribution in [0.1, 0.15) is 70.4 Å².